The number of halogens is 1. The zero-order valence-electron chi connectivity index (χ0n) is 11.0. The summed E-state index contributed by atoms with van der Waals surface area (Å²) in [5.41, 5.74) is 11.7. The fraction of sp³-hybridized carbons (Fsp3) is 0.571. The van der Waals surface area contributed by atoms with Gasteiger partial charge < -0.3 is 11.5 Å². The van der Waals surface area contributed by atoms with Gasteiger partial charge in [0.1, 0.15) is 5.82 Å². The number of hydrogen-bond acceptors (Lipinski definition) is 4. The highest BCUT2D eigenvalue weighted by Crippen LogP contribution is 2.38. The Morgan fingerprint density at radius 3 is 2.53 bits per heavy atom. The van der Waals surface area contributed by atoms with Crippen molar-refractivity contribution in [1.82, 2.24) is 4.98 Å². The second kappa shape index (κ2) is 5.88. The molecule has 1 saturated carbocycles. The molecule has 5 heteroatoms. The molecular formula is C14H20ClN3O. The van der Waals surface area contributed by atoms with Gasteiger partial charge >= 0.3 is 0 Å². The lowest BCUT2D eigenvalue weighted by molar-refractivity contribution is 0.0775. The number of nitrogens with two attached hydrogens (primary N) is 2. The zero-order valence-corrected chi connectivity index (χ0v) is 11.7. The molecule has 104 valence electrons. The second-order valence-corrected chi connectivity index (χ2v) is 5.75. The van der Waals surface area contributed by atoms with E-state index in [9.17, 15) is 4.79 Å². The third-order valence-corrected chi connectivity index (χ3v) is 4.27. The highest BCUT2D eigenvalue weighted by atomic mass is 35.5. The van der Waals surface area contributed by atoms with Gasteiger partial charge in [-0.15, -0.1) is 0 Å². The first-order valence-corrected chi connectivity index (χ1v) is 7.13. The Morgan fingerprint density at radius 1 is 1.32 bits per heavy atom. The molecular weight excluding hydrogens is 262 g/mol. The van der Waals surface area contributed by atoms with Gasteiger partial charge in [-0.2, -0.15) is 0 Å². The van der Waals surface area contributed by atoms with Gasteiger partial charge in [0.25, 0.3) is 0 Å². The molecule has 0 unspecified atom stereocenters. The molecule has 2 rings (SSSR count). The number of nitrogens with zero attached hydrogens (tertiary/aromatic N) is 1. The molecule has 0 aliphatic heterocycles. The number of carbonyl (C=O) groups excluding carboxylic acids is 1. The molecule has 1 aliphatic carbocycles. The van der Waals surface area contributed by atoms with Gasteiger partial charge in [0.15, 0.2) is 5.78 Å². The molecule has 0 saturated heterocycles. The molecule has 0 amide bonds. The van der Waals surface area contributed by atoms with E-state index < -0.39 is 5.41 Å². The normalized spacial score (nSPS) is 18.8. The largest absolute Gasteiger partial charge is 0.383 e. The summed E-state index contributed by atoms with van der Waals surface area (Å²) in [6.45, 7) is 0.359. The number of carbonyl (C=O) groups is 1. The monoisotopic (exact) mass is 281 g/mol. The van der Waals surface area contributed by atoms with Gasteiger partial charge in [0.2, 0.25) is 0 Å². The fourth-order valence-corrected chi connectivity index (χ4v) is 3.00. The van der Waals surface area contributed by atoms with Crippen molar-refractivity contribution in [2.45, 2.75) is 38.5 Å². The van der Waals surface area contributed by atoms with Gasteiger partial charge in [-0.1, -0.05) is 37.3 Å². The van der Waals surface area contributed by atoms with Crippen molar-refractivity contribution in [3.05, 3.63) is 22.8 Å². The lowest BCUT2D eigenvalue weighted by atomic mass is 9.74. The molecule has 4 nitrogen and oxygen atoms in total. The SMILES string of the molecule is NCC1(C(=O)c2cc(Cl)cnc2N)CCCCCC1. The van der Waals surface area contributed by atoms with E-state index in [1.54, 1.807) is 6.07 Å². The summed E-state index contributed by atoms with van der Waals surface area (Å²) >= 11 is 5.92. The van der Waals surface area contributed by atoms with Crippen LogP contribution in [0, 0.1) is 5.41 Å². The van der Waals surface area contributed by atoms with E-state index in [-0.39, 0.29) is 11.6 Å². The zero-order chi connectivity index (χ0) is 13.9. The summed E-state index contributed by atoms with van der Waals surface area (Å²) in [7, 11) is 0. The maximum Gasteiger partial charge on any atom is 0.174 e. The van der Waals surface area contributed by atoms with Gasteiger partial charge in [-0.3, -0.25) is 4.79 Å². The summed E-state index contributed by atoms with van der Waals surface area (Å²) in [5.74, 6) is 0.246. The highest BCUT2D eigenvalue weighted by Gasteiger charge is 2.38. The van der Waals surface area contributed by atoms with E-state index >= 15 is 0 Å². The number of Topliss-reactive ketones (excluding diaryl/α,β-unsaturated/α-hetero) is 1. The fourth-order valence-electron chi connectivity index (χ4n) is 2.85. The molecule has 0 aromatic carbocycles. The molecule has 0 atom stereocenters. The Balaban J connectivity index is 2.36. The van der Waals surface area contributed by atoms with Crippen LogP contribution >= 0.6 is 11.6 Å². The predicted octanol–water partition coefficient (Wildman–Crippen LogP) is 2.80. The highest BCUT2D eigenvalue weighted by molar-refractivity contribution is 6.31. The minimum atomic E-state index is -0.489. The minimum Gasteiger partial charge on any atom is -0.383 e. The van der Waals surface area contributed by atoms with Crippen molar-refractivity contribution in [3.63, 3.8) is 0 Å². The predicted molar refractivity (Wildman–Crippen MR) is 77.2 cm³/mol. The summed E-state index contributed by atoms with van der Waals surface area (Å²) < 4.78 is 0. The van der Waals surface area contributed by atoms with Gasteiger partial charge in [-0.05, 0) is 18.9 Å². The third kappa shape index (κ3) is 2.90. The number of aromatic nitrogens is 1. The molecule has 1 heterocycles. The van der Waals surface area contributed by atoms with Gasteiger partial charge in [0.05, 0.1) is 10.6 Å². The van der Waals surface area contributed by atoms with Crippen LogP contribution in [0.5, 0.6) is 0 Å². The third-order valence-electron chi connectivity index (χ3n) is 4.06. The number of ketones is 1. The number of hydrogen-bond donors (Lipinski definition) is 2. The molecule has 19 heavy (non-hydrogen) atoms. The smallest absolute Gasteiger partial charge is 0.174 e. The molecule has 4 N–H and O–H groups in total. The standard InChI is InChI=1S/C14H20ClN3O/c15-10-7-11(13(17)18-8-10)12(19)14(9-16)5-3-1-2-4-6-14/h7-8H,1-6,9,16H2,(H2,17,18). The minimum absolute atomic E-state index is 0.00407. The van der Waals surface area contributed by atoms with E-state index in [0.717, 1.165) is 38.5 Å². The first-order chi connectivity index (χ1) is 9.09. The van der Waals surface area contributed by atoms with Crippen molar-refractivity contribution in [2.24, 2.45) is 11.1 Å². The van der Waals surface area contributed by atoms with Crippen LogP contribution in [0.25, 0.3) is 0 Å². The molecule has 0 spiro atoms. The molecule has 1 aliphatic rings. The van der Waals surface area contributed by atoms with Crippen LogP contribution in [-0.4, -0.2) is 17.3 Å². The van der Waals surface area contributed by atoms with Crippen molar-refractivity contribution >= 4 is 23.2 Å². The summed E-state index contributed by atoms with van der Waals surface area (Å²) in [6.07, 6.45) is 7.52. The lowest BCUT2D eigenvalue weighted by Crippen LogP contribution is -2.38. The van der Waals surface area contributed by atoms with Gasteiger partial charge in [0, 0.05) is 18.2 Å². The number of rotatable bonds is 3. The van der Waals surface area contributed by atoms with Crippen LogP contribution in [0.2, 0.25) is 5.02 Å². The Kier molecular flexibility index (Phi) is 4.42. The summed E-state index contributed by atoms with van der Waals surface area (Å²) in [6, 6.07) is 1.61. The van der Waals surface area contributed by atoms with Crippen LogP contribution in [0.15, 0.2) is 12.3 Å². The van der Waals surface area contributed by atoms with Crippen molar-refractivity contribution < 1.29 is 4.79 Å². The van der Waals surface area contributed by atoms with Crippen molar-refractivity contribution in [2.75, 3.05) is 12.3 Å². The van der Waals surface area contributed by atoms with E-state index in [1.807, 2.05) is 0 Å². The Bertz CT molecular complexity index is 468. The van der Waals surface area contributed by atoms with Crippen LogP contribution in [-0.2, 0) is 0 Å². The number of pyridine rings is 1. The molecule has 1 aromatic rings. The lowest BCUT2D eigenvalue weighted by Gasteiger charge is -2.30. The van der Waals surface area contributed by atoms with E-state index in [0.29, 0.717) is 17.1 Å². The first kappa shape index (κ1) is 14.3. The number of anilines is 1. The van der Waals surface area contributed by atoms with Gasteiger partial charge in [-0.25, -0.2) is 4.98 Å². The molecule has 0 radical (unpaired) electrons. The first-order valence-electron chi connectivity index (χ1n) is 6.75. The van der Waals surface area contributed by atoms with Crippen molar-refractivity contribution in [1.29, 1.82) is 0 Å². The quantitative estimate of drug-likeness (QED) is 0.659. The summed E-state index contributed by atoms with van der Waals surface area (Å²) in [4.78, 5) is 16.8. The Morgan fingerprint density at radius 2 is 1.95 bits per heavy atom. The van der Waals surface area contributed by atoms with E-state index in [2.05, 4.69) is 4.98 Å². The van der Waals surface area contributed by atoms with E-state index in [1.165, 1.54) is 6.20 Å². The van der Waals surface area contributed by atoms with Crippen LogP contribution in [0.3, 0.4) is 0 Å². The Labute approximate surface area is 118 Å². The molecule has 0 bridgehead atoms. The molecule has 1 aromatic heterocycles. The topological polar surface area (TPSA) is 82.0 Å². The second-order valence-electron chi connectivity index (χ2n) is 5.31. The van der Waals surface area contributed by atoms with Crippen LogP contribution in [0.4, 0.5) is 5.82 Å². The van der Waals surface area contributed by atoms with Crippen LogP contribution < -0.4 is 11.5 Å². The van der Waals surface area contributed by atoms with Crippen molar-refractivity contribution in [3.8, 4) is 0 Å². The maximum absolute atomic E-state index is 12.8. The molecule has 1 fully saturated rings. The van der Waals surface area contributed by atoms with Crippen LogP contribution in [0.1, 0.15) is 48.9 Å². The van der Waals surface area contributed by atoms with E-state index in [4.69, 9.17) is 23.1 Å². The number of nitrogen functional groups attached to an aromatic ring is 1. The maximum atomic E-state index is 12.8. The average molecular weight is 282 g/mol. The average Bonchev–Trinajstić information content (AvgIpc) is 2.67. The summed E-state index contributed by atoms with van der Waals surface area (Å²) in [5, 5.41) is 0.429. The Hall–Kier alpha value is -1.13.